The molecule has 6 heteroatoms. The Morgan fingerprint density at radius 2 is 2.29 bits per heavy atom. The predicted octanol–water partition coefficient (Wildman–Crippen LogP) is 2.47. The van der Waals surface area contributed by atoms with Gasteiger partial charge in [0.2, 0.25) is 0 Å². The van der Waals surface area contributed by atoms with E-state index in [-0.39, 0.29) is 11.4 Å². The van der Waals surface area contributed by atoms with Crippen molar-refractivity contribution in [1.29, 1.82) is 0 Å². The highest BCUT2D eigenvalue weighted by atomic mass is 16.5. The molecule has 21 heavy (non-hydrogen) atoms. The summed E-state index contributed by atoms with van der Waals surface area (Å²) in [5.74, 6) is 0.236. The van der Waals surface area contributed by atoms with Crippen molar-refractivity contribution in [3.63, 3.8) is 0 Å². The second kappa shape index (κ2) is 5.32. The van der Waals surface area contributed by atoms with Crippen LogP contribution in [0, 0.1) is 0 Å². The van der Waals surface area contributed by atoms with Crippen LogP contribution in [-0.4, -0.2) is 22.7 Å². The molecule has 0 aliphatic carbocycles. The molecule has 0 amide bonds. The second-order valence-corrected chi connectivity index (χ2v) is 4.52. The van der Waals surface area contributed by atoms with Crippen LogP contribution in [0.3, 0.4) is 0 Å². The highest BCUT2D eigenvalue weighted by Crippen LogP contribution is 2.39. The molecule has 0 radical (unpaired) electrons. The number of phenolic OH excluding ortho intramolecular Hbond substituents is 1. The van der Waals surface area contributed by atoms with E-state index in [1.165, 1.54) is 12.3 Å². The second-order valence-electron chi connectivity index (χ2n) is 4.52. The lowest BCUT2D eigenvalue weighted by atomic mass is 10.2. The van der Waals surface area contributed by atoms with E-state index >= 15 is 0 Å². The van der Waals surface area contributed by atoms with Crippen molar-refractivity contribution >= 4 is 11.7 Å². The molecule has 2 N–H and O–H groups in total. The molecule has 108 valence electrons. The largest absolute Gasteiger partial charge is 0.508 e. The van der Waals surface area contributed by atoms with Gasteiger partial charge in [0.15, 0.2) is 6.23 Å². The molecule has 1 aromatic heterocycles. The molecule has 1 atom stereocenters. The van der Waals surface area contributed by atoms with Gasteiger partial charge in [-0.3, -0.25) is 0 Å². The molecule has 1 unspecified atom stereocenters. The Morgan fingerprint density at radius 3 is 3.10 bits per heavy atom. The van der Waals surface area contributed by atoms with E-state index in [1.54, 1.807) is 31.2 Å². The smallest absolute Gasteiger partial charge is 0.356 e. The summed E-state index contributed by atoms with van der Waals surface area (Å²) in [6.07, 6.45) is 1.10. The van der Waals surface area contributed by atoms with Crippen LogP contribution in [0.25, 0.3) is 0 Å². The van der Waals surface area contributed by atoms with Crippen molar-refractivity contribution < 1.29 is 19.4 Å². The SMILES string of the molecule is CCOC(=O)c1cc(C2Nc3ccc(O)cc3O2)ccn1. The molecule has 6 nitrogen and oxygen atoms in total. The number of nitrogens with one attached hydrogen (secondary N) is 1. The number of hydrogen-bond donors (Lipinski definition) is 2. The number of hydrogen-bond acceptors (Lipinski definition) is 6. The van der Waals surface area contributed by atoms with Crippen LogP contribution in [0.2, 0.25) is 0 Å². The van der Waals surface area contributed by atoms with Gasteiger partial charge >= 0.3 is 5.97 Å². The maximum absolute atomic E-state index is 11.7. The lowest BCUT2D eigenvalue weighted by Gasteiger charge is -2.12. The molecule has 2 aromatic rings. The molecule has 0 saturated heterocycles. The monoisotopic (exact) mass is 286 g/mol. The standard InChI is InChI=1S/C15H14N2O4/c1-2-20-15(19)12-7-9(5-6-16-12)14-17-11-4-3-10(18)8-13(11)21-14/h3-8,14,17-18H,2H2,1H3. The van der Waals surface area contributed by atoms with Crippen LogP contribution < -0.4 is 10.1 Å². The van der Waals surface area contributed by atoms with Crippen molar-refractivity contribution in [2.75, 3.05) is 11.9 Å². The average molecular weight is 286 g/mol. The topological polar surface area (TPSA) is 80.7 Å². The molecule has 2 heterocycles. The molecule has 0 spiro atoms. The summed E-state index contributed by atoms with van der Waals surface area (Å²) in [5.41, 5.74) is 1.77. The Hall–Kier alpha value is -2.76. The van der Waals surface area contributed by atoms with Gasteiger partial charge in [-0.2, -0.15) is 0 Å². The van der Waals surface area contributed by atoms with Gasteiger partial charge in [-0.1, -0.05) is 0 Å². The number of phenols is 1. The minimum Gasteiger partial charge on any atom is -0.508 e. The molecule has 1 aromatic carbocycles. The molecule has 1 aliphatic heterocycles. The lowest BCUT2D eigenvalue weighted by molar-refractivity contribution is 0.0519. The van der Waals surface area contributed by atoms with Crippen molar-refractivity contribution in [3.8, 4) is 11.5 Å². The summed E-state index contributed by atoms with van der Waals surface area (Å²) >= 11 is 0. The highest BCUT2D eigenvalue weighted by Gasteiger charge is 2.24. The third kappa shape index (κ3) is 2.60. The third-order valence-corrected chi connectivity index (χ3v) is 3.07. The van der Waals surface area contributed by atoms with Crippen LogP contribution in [-0.2, 0) is 4.74 Å². The zero-order valence-corrected chi connectivity index (χ0v) is 11.4. The molecule has 0 fully saturated rings. The fraction of sp³-hybridized carbons (Fsp3) is 0.200. The number of rotatable bonds is 3. The first kappa shape index (κ1) is 13.2. The van der Waals surface area contributed by atoms with Crippen LogP contribution >= 0.6 is 0 Å². The molecule has 3 rings (SSSR count). The van der Waals surface area contributed by atoms with Gasteiger partial charge in [-0.05, 0) is 31.2 Å². The van der Waals surface area contributed by atoms with E-state index in [0.717, 1.165) is 11.3 Å². The quantitative estimate of drug-likeness (QED) is 0.666. The minimum absolute atomic E-state index is 0.137. The van der Waals surface area contributed by atoms with Gasteiger partial charge < -0.3 is 19.9 Å². The fourth-order valence-corrected chi connectivity index (χ4v) is 2.10. The summed E-state index contributed by atoms with van der Waals surface area (Å²) in [6, 6.07) is 8.23. The molecular weight excluding hydrogens is 272 g/mol. The number of ether oxygens (including phenoxy) is 2. The number of carbonyl (C=O) groups excluding carboxylic acids is 1. The van der Waals surface area contributed by atoms with Gasteiger partial charge in [0.05, 0.1) is 12.3 Å². The Labute approximate surface area is 121 Å². The van der Waals surface area contributed by atoms with E-state index in [4.69, 9.17) is 9.47 Å². The van der Waals surface area contributed by atoms with Crippen molar-refractivity contribution in [1.82, 2.24) is 4.98 Å². The number of fused-ring (bicyclic) bond motifs is 1. The maximum atomic E-state index is 11.7. The number of anilines is 1. The zero-order valence-electron chi connectivity index (χ0n) is 11.4. The summed E-state index contributed by atoms with van der Waals surface area (Å²) in [5, 5.41) is 12.6. The number of nitrogens with zero attached hydrogens (tertiary/aromatic N) is 1. The molecule has 0 saturated carbocycles. The number of aromatic nitrogens is 1. The Kier molecular flexibility index (Phi) is 3.35. The van der Waals surface area contributed by atoms with Crippen LogP contribution in [0.5, 0.6) is 11.5 Å². The van der Waals surface area contributed by atoms with Gasteiger partial charge in [-0.15, -0.1) is 0 Å². The average Bonchev–Trinajstić information content (AvgIpc) is 2.90. The summed E-state index contributed by atoms with van der Waals surface area (Å²) in [6.45, 7) is 2.04. The molecular formula is C15H14N2O4. The van der Waals surface area contributed by atoms with Crippen LogP contribution in [0.1, 0.15) is 29.2 Å². The number of carbonyl (C=O) groups is 1. The zero-order chi connectivity index (χ0) is 14.8. The van der Waals surface area contributed by atoms with Crippen molar-refractivity contribution in [2.24, 2.45) is 0 Å². The number of aromatic hydroxyl groups is 1. The van der Waals surface area contributed by atoms with Crippen molar-refractivity contribution in [3.05, 3.63) is 47.8 Å². The number of pyridine rings is 1. The summed E-state index contributed by atoms with van der Waals surface area (Å²) < 4.78 is 10.6. The van der Waals surface area contributed by atoms with E-state index in [0.29, 0.717) is 12.4 Å². The number of benzene rings is 1. The normalized spacial score (nSPS) is 15.8. The molecule has 0 bridgehead atoms. The number of esters is 1. The Balaban J connectivity index is 1.83. The third-order valence-electron chi connectivity index (χ3n) is 3.07. The predicted molar refractivity (Wildman–Crippen MR) is 75.3 cm³/mol. The van der Waals surface area contributed by atoms with E-state index in [2.05, 4.69) is 10.3 Å². The van der Waals surface area contributed by atoms with E-state index in [1.807, 2.05) is 0 Å². The van der Waals surface area contributed by atoms with Crippen LogP contribution in [0.15, 0.2) is 36.5 Å². The maximum Gasteiger partial charge on any atom is 0.356 e. The van der Waals surface area contributed by atoms with Gasteiger partial charge in [-0.25, -0.2) is 9.78 Å². The molecule has 1 aliphatic rings. The highest BCUT2D eigenvalue weighted by molar-refractivity contribution is 5.87. The van der Waals surface area contributed by atoms with E-state index < -0.39 is 12.2 Å². The summed E-state index contributed by atoms with van der Waals surface area (Å²) in [4.78, 5) is 15.7. The lowest BCUT2D eigenvalue weighted by Crippen LogP contribution is -2.13. The first-order valence-corrected chi connectivity index (χ1v) is 6.56. The van der Waals surface area contributed by atoms with Gasteiger partial charge in [0.1, 0.15) is 17.2 Å². The summed E-state index contributed by atoms with van der Waals surface area (Å²) in [7, 11) is 0. The van der Waals surface area contributed by atoms with Gasteiger partial charge in [0, 0.05) is 17.8 Å². The van der Waals surface area contributed by atoms with Crippen molar-refractivity contribution in [2.45, 2.75) is 13.2 Å². The Morgan fingerprint density at radius 1 is 1.43 bits per heavy atom. The van der Waals surface area contributed by atoms with E-state index in [9.17, 15) is 9.90 Å². The fourth-order valence-electron chi connectivity index (χ4n) is 2.10. The first-order valence-electron chi connectivity index (χ1n) is 6.56. The Bertz CT molecular complexity index is 687. The first-order chi connectivity index (χ1) is 10.2. The minimum atomic E-state index is -0.465. The van der Waals surface area contributed by atoms with Gasteiger partial charge in [0.25, 0.3) is 0 Å². The van der Waals surface area contributed by atoms with Crippen LogP contribution in [0.4, 0.5) is 5.69 Å².